The van der Waals surface area contributed by atoms with E-state index < -0.39 is 17.8 Å². The minimum Gasteiger partial charge on any atom is -0.493 e. The van der Waals surface area contributed by atoms with E-state index in [0.29, 0.717) is 29.4 Å². The molecule has 1 heterocycles. The van der Waals surface area contributed by atoms with Crippen molar-refractivity contribution in [3.8, 4) is 11.5 Å². The van der Waals surface area contributed by atoms with Gasteiger partial charge in [0.05, 0.1) is 12.8 Å². The number of amides is 4. The number of nitrogens with one attached hydrogen (secondary N) is 1. The Hall–Kier alpha value is -3.91. The number of barbiturate groups is 1. The predicted octanol–water partition coefficient (Wildman–Crippen LogP) is 5.63. The number of methoxy groups -OCH3 is 1. The smallest absolute Gasteiger partial charge is 0.335 e. The Morgan fingerprint density at radius 2 is 1.67 bits per heavy atom. The zero-order valence-corrected chi connectivity index (χ0v) is 21.9. The molecule has 0 radical (unpaired) electrons. The SMILES string of the molecule is COc1cc(/C=C2/C(=O)NC(=O)N(c3ccc(Br)c(C)c3)C2=O)ccc1OCc1ccc(C)c(C)c1. The van der Waals surface area contributed by atoms with Crippen molar-refractivity contribution in [1.29, 1.82) is 0 Å². The summed E-state index contributed by atoms with van der Waals surface area (Å²) in [5.74, 6) is -0.489. The number of imide groups is 2. The van der Waals surface area contributed by atoms with Crippen molar-refractivity contribution in [2.75, 3.05) is 12.0 Å². The Balaban J connectivity index is 1.59. The van der Waals surface area contributed by atoms with E-state index in [1.54, 1.807) is 36.4 Å². The molecule has 1 fully saturated rings. The average Bonchev–Trinajstić information content (AvgIpc) is 2.84. The van der Waals surface area contributed by atoms with Gasteiger partial charge in [0.1, 0.15) is 12.2 Å². The number of aryl methyl sites for hydroxylation is 3. The molecule has 184 valence electrons. The van der Waals surface area contributed by atoms with E-state index in [9.17, 15) is 14.4 Å². The fourth-order valence-corrected chi connectivity index (χ4v) is 4.02. The number of anilines is 1. The molecule has 0 aliphatic carbocycles. The molecule has 36 heavy (non-hydrogen) atoms. The minimum absolute atomic E-state index is 0.166. The first-order chi connectivity index (χ1) is 17.2. The Bertz CT molecular complexity index is 1410. The lowest BCUT2D eigenvalue weighted by Crippen LogP contribution is -2.54. The first-order valence-electron chi connectivity index (χ1n) is 11.2. The second-order valence-electron chi connectivity index (χ2n) is 8.51. The zero-order valence-electron chi connectivity index (χ0n) is 20.3. The Morgan fingerprint density at radius 1 is 0.889 bits per heavy atom. The van der Waals surface area contributed by atoms with Crippen molar-refractivity contribution in [2.24, 2.45) is 0 Å². The van der Waals surface area contributed by atoms with Gasteiger partial charge in [-0.15, -0.1) is 0 Å². The third-order valence-electron chi connectivity index (χ3n) is 5.97. The van der Waals surface area contributed by atoms with E-state index in [1.165, 1.54) is 24.3 Å². The van der Waals surface area contributed by atoms with Gasteiger partial charge in [0.2, 0.25) is 0 Å². The third-order valence-corrected chi connectivity index (χ3v) is 6.86. The topological polar surface area (TPSA) is 84.9 Å². The number of rotatable bonds is 6. The largest absolute Gasteiger partial charge is 0.493 e. The van der Waals surface area contributed by atoms with Gasteiger partial charge in [0.15, 0.2) is 11.5 Å². The number of nitrogens with zero attached hydrogens (tertiary/aromatic N) is 1. The van der Waals surface area contributed by atoms with Crippen molar-refractivity contribution < 1.29 is 23.9 Å². The summed E-state index contributed by atoms with van der Waals surface area (Å²) >= 11 is 3.41. The summed E-state index contributed by atoms with van der Waals surface area (Å²) in [6.45, 7) is 6.32. The highest BCUT2D eigenvalue weighted by Crippen LogP contribution is 2.31. The van der Waals surface area contributed by atoms with Crippen LogP contribution in [-0.2, 0) is 16.2 Å². The normalized spacial score (nSPS) is 14.8. The Labute approximate surface area is 217 Å². The minimum atomic E-state index is -0.795. The fourth-order valence-electron chi connectivity index (χ4n) is 3.77. The summed E-state index contributed by atoms with van der Waals surface area (Å²) in [6, 6.07) is 15.5. The molecule has 8 heteroatoms. The van der Waals surface area contributed by atoms with Crippen molar-refractivity contribution in [3.63, 3.8) is 0 Å². The molecule has 0 unspecified atom stereocenters. The number of hydrogen-bond donors (Lipinski definition) is 1. The molecule has 3 aromatic rings. The molecule has 3 aromatic carbocycles. The number of carbonyl (C=O) groups is 3. The van der Waals surface area contributed by atoms with E-state index in [4.69, 9.17) is 9.47 Å². The van der Waals surface area contributed by atoms with E-state index in [0.717, 1.165) is 20.5 Å². The highest BCUT2D eigenvalue weighted by molar-refractivity contribution is 9.10. The van der Waals surface area contributed by atoms with E-state index in [-0.39, 0.29) is 5.57 Å². The van der Waals surface area contributed by atoms with Crippen LogP contribution in [-0.4, -0.2) is 25.0 Å². The highest BCUT2D eigenvalue weighted by atomic mass is 79.9. The first kappa shape index (κ1) is 25.2. The number of hydrogen-bond acceptors (Lipinski definition) is 5. The number of halogens is 1. The van der Waals surface area contributed by atoms with E-state index in [1.807, 2.05) is 13.0 Å². The Kier molecular flexibility index (Phi) is 7.26. The molecule has 4 rings (SSSR count). The quantitative estimate of drug-likeness (QED) is 0.318. The molecular weight excluding hydrogens is 524 g/mol. The monoisotopic (exact) mass is 548 g/mol. The van der Waals surface area contributed by atoms with Crippen LogP contribution in [0.4, 0.5) is 10.5 Å². The molecule has 7 nitrogen and oxygen atoms in total. The van der Waals surface area contributed by atoms with Crippen LogP contribution in [0.5, 0.6) is 11.5 Å². The summed E-state index contributed by atoms with van der Waals surface area (Å²) in [5, 5.41) is 2.24. The van der Waals surface area contributed by atoms with Crippen LogP contribution < -0.4 is 19.7 Å². The molecule has 1 aliphatic rings. The maximum absolute atomic E-state index is 13.2. The fraction of sp³-hybridized carbons (Fsp3) is 0.179. The number of benzene rings is 3. The molecule has 4 amide bonds. The van der Waals surface area contributed by atoms with Gasteiger partial charge in [0.25, 0.3) is 11.8 Å². The standard InChI is InChI=1S/C28H25BrN2O5/c1-16-5-6-20(11-17(16)2)15-36-24-10-7-19(14-25(24)35-4)13-22-26(32)30-28(34)31(27(22)33)21-8-9-23(29)18(3)12-21/h5-14H,15H2,1-4H3,(H,30,32,34)/b22-13-. The molecule has 1 N–H and O–H groups in total. The van der Waals surface area contributed by atoms with Gasteiger partial charge in [-0.25, -0.2) is 9.69 Å². The van der Waals surface area contributed by atoms with Crippen LogP contribution in [0.25, 0.3) is 6.08 Å². The lowest BCUT2D eigenvalue weighted by molar-refractivity contribution is -0.122. The van der Waals surface area contributed by atoms with Crippen LogP contribution >= 0.6 is 15.9 Å². The van der Waals surface area contributed by atoms with Gasteiger partial charge in [-0.1, -0.05) is 40.2 Å². The number of urea groups is 1. The van der Waals surface area contributed by atoms with Gasteiger partial charge >= 0.3 is 6.03 Å². The van der Waals surface area contributed by atoms with Crippen molar-refractivity contribution in [3.05, 3.63) is 92.5 Å². The van der Waals surface area contributed by atoms with Gasteiger partial charge in [-0.05, 0) is 85.0 Å². The van der Waals surface area contributed by atoms with Crippen LogP contribution in [0.15, 0.2) is 64.6 Å². The molecule has 1 saturated heterocycles. The lowest BCUT2D eigenvalue weighted by atomic mass is 10.1. The van der Waals surface area contributed by atoms with Crippen molar-refractivity contribution in [1.82, 2.24) is 5.32 Å². The van der Waals surface area contributed by atoms with Crippen molar-refractivity contribution in [2.45, 2.75) is 27.4 Å². The number of carbonyl (C=O) groups excluding carboxylic acids is 3. The van der Waals surface area contributed by atoms with Crippen molar-refractivity contribution >= 4 is 45.5 Å². The maximum Gasteiger partial charge on any atom is 0.335 e. The second-order valence-corrected chi connectivity index (χ2v) is 9.36. The Morgan fingerprint density at radius 3 is 2.36 bits per heavy atom. The maximum atomic E-state index is 13.2. The molecular formula is C28H25BrN2O5. The lowest BCUT2D eigenvalue weighted by Gasteiger charge is -2.26. The first-order valence-corrected chi connectivity index (χ1v) is 12.0. The van der Waals surface area contributed by atoms with Gasteiger partial charge in [-0.3, -0.25) is 14.9 Å². The van der Waals surface area contributed by atoms with E-state index >= 15 is 0 Å². The van der Waals surface area contributed by atoms with E-state index in [2.05, 4.69) is 47.2 Å². The third kappa shape index (κ3) is 5.18. The molecule has 0 aromatic heterocycles. The summed E-state index contributed by atoms with van der Waals surface area (Å²) in [7, 11) is 1.52. The van der Waals surface area contributed by atoms with Crippen LogP contribution in [0.1, 0.15) is 27.8 Å². The second kappa shape index (κ2) is 10.4. The molecule has 1 aliphatic heterocycles. The summed E-state index contributed by atoms with van der Waals surface area (Å²) in [6.07, 6.45) is 1.43. The molecule has 0 bridgehead atoms. The molecule has 0 spiro atoms. The number of ether oxygens (including phenoxy) is 2. The molecule has 0 atom stereocenters. The van der Waals surface area contributed by atoms with Crippen LogP contribution in [0, 0.1) is 20.8 Å². The summed E-state index contributed by atoms with van der Waals surface area (Å²) < 4.78 is 12.3. The predicted molar refractivity (Wildman–Crippen MR) is 141 cm³/mol. The van der Waals surface area contributed by atoms with Crippen LogP contribution in [0.3, 0.4) is 0 Å². The van der Waals surface area contributed by atoms with Gasteiger partial charge < -0.3 is 9.47 Å². The summed E-state index contributed by atoms with van der Waals surface area (Å²) in [5.41, 5.74) is 5.02. The zero-order chi connectivity index (χ0) is 26.0. The molecule has 0 saturated carbocycles. The summed E-state index contributed by atoms with van der Waals surface area (Å²) in [4.78, 5) is 39.2. The highest BCUT2D eigenvalue weighted by Gasteiger charge is 2.37. The van der Waals surface area contributed by atoms with Gasteiger partial charge in [-0.2, -0.15) is 0 Å². The average molecular weight is 549 g/mol. The van der Waals surface area contributed by atoms with Gasteiger partial charge in [0, 0.05) is 4.47 Å². The van der Waals surface area contributed by atoms with Crippen LogP contribution in [0.2, 0.25) is 0 Å².